The number of nitrogens with zero attached hydrogens (tertiary/aromatic N) is 2. The fourth-order valence-electron chi connectivity index (χ4n) is 2.19. The van der Waals surface area contributed by atoms with Crippen LogP contribution in [0.25, 0.3) is 0 Å². The predicted octanol–water partition coefficient (Wildman–Crippen LogP) is 2.63. The van der Waals surface area contributed by atoms with Crippen LogP contribution in [-0.4, -0.2) is 9.78 Å². The van der Waals surface area contributed by atoms with E-state index in [0.29, 0.717) is 16.5 Å². The van der Waals surface area contributed by atoms with Gasteiger partial charge in [0, 0.05) is 29.2 Å². The zero-order valence-corrected chi connectivity index (χ0v) is 13.1. The van der Waals surface area contributed by atoms with E-state index >= 15 is 0 Å². The molecule has 2 aromatic rings. The van der Waals surface area contributed by atoms with Crippen molar-refractivity contribution in [1.82, 2.24) is 15.2 Å². The molecule has 0 aliphatic carbocycles. The van der Waals surface area contributed by atoms with Crippen LogP contribution in [0.5, 0.6) is 0 Å². The number of hydrogen-bond acceptors (Lipinski definition) is 3. The van der Waals surface area contributed by atoms with Crippen molar-refractivity contribution in [2.45, 2.75) is 25.8 Å². The third kappa shape index (κ3) is 3.26. The lowest BCUT2D eigenvalue weighted by atomic mass is 10.0. The van der Waals surface area contributed by atoms with Crippen LogP contribution in [-0.2, 0) is 19.9 Å². The van der Waals surface area contributed by atoms with Crippen LogP contribution in [0.15, 0.2) is 28.7 Å². The molecule has 3 N–H and O–H groups in total. The number of aromatic nitrogens is 2. The van der Waals surface area contributed by atoms with Crippen LogP contribution in [0.2, 0.25) is 0 Å². The number of aryl methyl sites for hydroxylation is 2. The number of halogens is 2. The molecular weight excluding hydrogens is 323 g/mol. The van der Waals surface area contributed by atoms with Gasteiger partial charge >= 0.3 is 0 Å². The normalized spacial score (nSPS) is 12.7. The van der Waals surface area contributed by atoms with Crippen molar-refractivity contribution >= 4 is 15.9 Å². The Morgan fingerprint density at radius 2 is 2.20 bits per heavy atom. The molecule has 108 valence electrons. The maximum atomic E-state index is 14.0. The molecule has 0 fully saturated rings. The van der Waals surface area contributed by atoms with Crippen LogP contribution in [0.3, 0.4) is 0 Å². The number of benzene rings is 1. The SMILES string of the molecule is CCc1cc(CC(NN)c2ccc(Br)cc2F)n(C)n1. The minimum absolute atomic E-state index is 0.278. The predicted molar refractivity (Wildman–Crippen MR) is 80.5 cm³/mol. The molecule has 6 heteroatoms. The summed E-state index contributed by atoms with van der Waals surface area (Å²) in [4.78, 5) is 0. The molecule has 0 bridgehead atoms. The lowest BCUT2D eigenvalue weighted by Crippen LogP contribution is -2.30. The first kappa shape index (κ1) is 15.2. The fourth-order valence-corrected chi connectivity index (χ4v) is 2.52. The zero-order valence-electron chi connectivity index (χ0n) is 11.5. The third-order valence-electron chi connectivity index (χ3n) is 3.34. The van der Waals surface area contributed by atoms with Crippen LogP contribution in [0, 0.1) is 5.82 Å². The van der Waals surface area contributed by atoms with E-state index in [1.807, 2.05) is 23.9 Å². The third-order valence-corrected chi connectivity index (χ3v) is 3.84. The number of hydrazine groups is 1. The fraction of sp³-hybridized carbons (Fsp3) is 0.357. The van der Waals surface area contributed by atoms with Crippen LogP contribution in [0.4, 0.5) is 4.39 Å². The van der Waals surface area contributed by atoms with Crippen molar-refractivity contribution in [1.29, 1.82) is 0 Å². The molecule has 0 aliphatic rings. The van der Waals surface area contributed by atoms with Gasteiger partial charge in [0.05, 0.1) is 11.7 Å². The molecule has 0 spiro atoms. The summed E-state index contributed by atoms with van der Waals surface area (Å²) in [6, 6.07) is 6.73. The summed E-state index contributed by atoms with van der Waals surface area (Å²) in [7, 11) is 1.89. The molecule has 0 amide bonds. The van der Waals surface area contributed by atoms with E-state index < -0.39 is 0 Å². The molecule has 1 aromatic heterocycles. The van der Waals surface area contributed by atoms with Crippen molar-refractivity contribution in [3.05, 3.63) is 51.5 Å². The van der Waals surface area contributed by atoms with Gasteiger partial charge in [-0.05, 0) is 24.6 Å². The second-order valence-corrected chi connectivity index (χ2v) is 5.61. The minimum atomic E-state index is -0.289. The molecule has 0 saturated carbocycles. The Labute approximate surface area is 126 Å². The first-order chi connectivity index (χ1) is 9.55. The van der Waals surface area contributed by atoms with E-state index in [4.69, 9.17) is 5.84 Å². The van der Waals surface area contributed by atoms with Gasteiger partial charge in [0.15, 0.2) is 0 Å². The molecule has 2 rings (SSSR count). The average molecular weight is 341 g/mol. The van der Waals surface area contributed by atoms with Crippen molar-refractivity contribution in [2.24, 2.45) is 12.9 Å². The molecule has 4 nitrogen and oxygen atoms in total. The zero-order chi connectivity index (χ0) is 14.7. The van der Waals surface area contributed by atoms with Gasteiger partial charge in [0.1, 0.15) is 5.82 Å². The van der Waals surface area contributed by atoms with Gasteiger partial charge < -0.3 is 0 Å². The number of nitrogens with two attached hydrogens (primary N) is 1. The highest BCUT2D eigenvalue weighted by Crippen LogP contribution is 2.23. The van der Waals surface area contributed by atoms with Gasteiger partial charge in [0.2, 0.25) is 0 Å². The largest absolute Gasteiger partial charge is 0.272 e. The topological polar surface area (TPSA) is 55.9 Å². The summed E-state index contributed by atoms with van der Waals surface area (Å²) >= 11 is 3.25. The number of rotatable bonds is 5. The highest BCUT2D eigenvalue weighted by Gasteiger charge is 2.17. The maximum Gasteiger partial charge on any atom is 0.129 e. The maximum absolute atomic E-state index is 14.0. The molecule has 1 aromatic carbocycles. The average Bonchev–Trinajstić information content (AvgIpc) is 2.77. The number of hydrogen-bond donors (Lipinski definition) is 2. The van der Waals surface area contributed by atoms with E-state index in [1.54, 1.807) is 6.07 Å². The highest BCUT2D eigenvalue weighted by atomic mass is 79.9. The Morgan fingerprint density at radius 1 is 1.45 bits per heavy atom. The molecule has 1 heterocycles. The Kier molecular flexibility index (Phi) is 4.91. The monoisotopic (exact) mass is 340 g/mol. The standard InChI is InChI=1S/C14H18BrFN4/c1-3-10-7-11(20(2)19-10)8-14(18-17)12-5-4-9(15)6-13(12)16/h4-7,14,18H,3,8,17H2,1-2H3. The Morgan fingerprint density at radius 3 is 2.75 bits per heavy atom. The van der Waals surface area contributed by atoms with E-state index in [2.05, 4.69) is 33.4 Å². The van der Waals surface area contributed by atoms with Crippen molar-refractivity contribution in [3.8, 4) is 0 Å². The summed E-state index contributed by atoms with van der Waals surface area (Å²) in [6.45, 7) is 2.05. The first-order valence-corrected chi connectivity index (χ1v) is 7.27. The van der Waals surface area contributed by atoms with Gasteiger partial charge in [-0.25, -0.2) is 4.39 Å². The van der Waals surface area contributed by atoms with Crippen molar-refractivity contribution < 1.29 is 4.39 Å². The molecular formula is C14H18BrFN4. The quantitative estimate of drug-likeness (QED) is 0.649. The van der Waals surface area contributed by atoms with Crippen molar-refractivity contribution in [2.75, 3.05) is 0 Å². The summed E-state index contributed by atoms with van der Waals surface area (Å²) in [5.74, 6) is 5.31. The van der Waals surface area contributed by atoms with E-state index in [0.717, 1.165) is 17.8 Å². The minimum Gasteiger partial charge on any atom is -0.272 e. The van der Waals surface area contributed by atoms with Gasteiger partial charge in [-0.3, -0.25) is 16.0 Å². The van der Waals surface area contributed by atoms with Crippen LogP contribution in [0.1, 0.15) is 29.9 Å². The Hall–Kier alpha value is -1.24. The van der Waals surface area contributed by atoms with Crippen molar-refractivity contribution in [3.63, 3.8) is 0 Å². The Balaban J connectivity index is 2.26. The first-order valence-electron chi connectivity index (χ1n) is 6.48. The summed E-state index contributed by atoms with van der Waals surface area (Å²) < 4.78 is 16.5. The molecule has 1 atom stereocenters. The van der Waals surface area contributed by atoms with Gasteiger partial charge in [0.25, 0.3) is 0 Å². The van der Waals surface area contributed by atoms with E-state index in [-0.39, 0.29) is 11.9 Å². The lowest BCUT2D eigenvalue weighted by Gasteiger charge is -2.17. The summed E-state index contributed by atoms with van der Waals surface area (Å²) in [6.07, 6.45) is 1.46. The van der Waals surface area contributed by atoms with Crippen LogP contribution >= 0.6 is 15.9 Å². The second kappa shape index (κ2) is 6.47. The smallest absolute Gasteiger partial charge is 0.129 e. The van der Waals surface area contributed by atoms with Gasteiger partial charge in [-0.1, -0.05) is 28.9 Å². The molecule has 20 heavy (non-hydrogen) atoms. The lowest BCUT2D eigenvalue weighted by molar-refractivity contribution is 0.497. The van der Waals surface area contributed by atoms with E-state index in [9.17, 15) is 4.39 Å². The number of nitrogens with one attached hydrogen (secondary N) is 1. The summed E-state index contributed by atoms with van der Waals surface area (Å²) in [5.41, 5.74) is 5.28. The Bertz CT molecular complexity index is 597. The molecule has 0 saturated heterocycles. The molecule has 1 unspecified atom stereocenters. The van der Waals surface area contributed by atoms with Gasteiger partial charge in [-0.2, -0.15) is 5.10 Å². The van der Waals surface area contributed by atoms with Gasteiger partial charge in [-0.15, -0.1) is 0 Å². The van der Waals surface area contributed by atoms with E-state index in [1.165, 1.54) is 6.07 Å². The molecule has 0 radical (unpaired) electrons. The van der Waals surface area contributed by atoms with Crippen LogP contribution < -0.4 is 11.3 Å². The highest BCUT2D eigenvalue weighted by molar-refractivity contribution is 9.10. The molecule has 0 aliphatic heterocycles. The second-order valence-electron chi connectivity index (χ2n) is 4.69. The summed E-state index contributed by atoms with van der Waals surface area (Å²) in [5, 5.41) is 4.39.